The molecule has 0 heterocycles. The van der Waals surface area contributed by atoms with Gasteiger partial charge in [-0.1, -0.05) is 232 Å². The average Bonchev–Trinajstić information content (AvgIpc) is 3.03. The first-order chi connectivity index (χ1) is 22.5. The van der Waals surface area contributed by atoms with E-state index < -0.39 is 11.9 Å². The summed E-state index contributed by atoms with van der Waals surface area (Å²) in [6, 6.07) is 0. The van der Waals surface area contributed by atoms with Crippen molar-refractivity contribution in [2.24, 2.45) is 0 Å². The van der Waals surface area contributed by atoms with Crippen LogP contribution in [0.1, 0.15) is 258 Å². The van der Waals surface area contributed by atoms with Crippen molar-refractivity contribution in [3.63, 3.8) is 0 Å². The van der Waals surface area contributed by atoms with Crippen LogP contribution in [0.15, 0.2) is 0 Å². The summed E-state index contributed by atoms with van der Waals surface area (Å²) < 4.78 is 0. The van der Waals surface area contributed by atoms with Crippen LogP contribution in [0, 0.1) is 0 Å². The summed E-state index contributed by atoms with van der Waals surface area (Å²) in [7, 11) is 0. The van der Waals surface area contributed by atoms with Crippen molar-refractivity contribution in [3.05, 3.63) is 0 Å². The molecule has 0 bridgehead atoms. The molecule has 0 atom stereocenters. The van der Waals surface area contributed by atoms with E-state index in [1.807, 2.05) is 0 Å². The van der Waals surface area contributed by atoms with Crippen molar-refractivity contribution in [3.8, 4) is 0 Å². The molecule has 0 saturated carbocycles. The van der Waals surface area contributed by atoms with Crippen LogP contribution in [-0.2, 0) is 29.1 Å². The minimum absolute atomic E-state index is 0. The number of carbonyl (C=O) groups is 2. The van der Waals surface area contributed by atoms with Gasteiger partial charge in [-0.15, -0.1) is 0 Å². The molecule has 0 amide bonds. The molecular weight excluding hydrogens is 634 g/mol. The van der Waals surface area contributed by atoms with Crippen LogP contribution >= 0.6 is 0 Å². The first-order valence-electron chi connectivity index (χ1n) is 20.9. The van der Waals surface area contributed by atoms with Crippen LogP contribution in [0.4, 0.5) is 0 Å². The normalized spacial score (nSPS) is 10.8. The van der Waals surface area contributed by atoms with Crippen molar-refractivity contribution in [2.75, 3.05) is 0 Å². The summed E-state index contributed by atoms with van der Waals surface area (Å²) in [5, 5.41) is 20.5. The fourth-order valence-electron chi connectivity index (χ4n) is 6.34. The molecule has 0 aliphatic heterocycles. The summed E-state index contributed by atoms with van der Waals surface area (Å²) in [4.78, 5) is 20.5. The topological polar surface area (TPSA) is 80.3 Å². The van der Waals surface area contributed by atoms with E-state index in [9.17, 15) is 19.8 Å². The van der Waals surface area contributed by atoms with E-state index in [0.29, 0.717) is 0 Å². The van der Waals surface area contributed by atoms with Gasteiger partial charge in [-0.3, -0.25) is 0 Å². The Hall–Kier alpha value is -0.437. The number of hydrogen-bond donors (Lipinski definition) is 0. The molecule has 0 radical (unpaired) electrons. The maximum absolute atomic E-state index is 10.3. The SMILES string of the molecule is CCCCCCCCCCCCCCCCCCCCC(=O)[O-].CCCCCCCCCCCCCCCCCCCCC(=O)[O-].[Zn+2]. The number of carboxylic acid groups (broad SMARTS) is 2. The molecule has 0 aliphatic rings. The monoisotopic (exact) mass is 715 g/mol. The van der Waals surface area contributed by atoms with Gasteiger partial charge in [-0.05, 0) is 25.7 Å². The van der Waals surface area contributed by atoms with Crippen LogP contribution in [-0.4, -0.2) is 11.9 Å². The van der Waals surface area contributed by atoms with Gasteiger partial charge in [-0.25, -0.2) is 0 Å². The largest absolute Gasteiger partial charge is 2.00 e. The van der Waals surface area contributed by atoms with E-state index in [1.165, 1.54) is 205 Å². The zero-order valence-corrected chi connectivity index (χ0v) is 35.2. The molecule has 0 aromatic carbocycles. The van der Waals surface area contributed by atoms with E-state index in [2.05, 4.69) is 13.8 Å². The number of carbonyl (C=O) groups excluding carboxylic acids is 2. The number of hydrogen-bond acceptors (Lipinski definition) is 4. The van der Waals surface area contributed by atoms with Gasteiger partial charge in [0, 0.05) is 11.9 Å². The van der Waals surface area contributed by atoms with Crippen LogP contribution in [0.25, 0.3) is 0 Å². The molecule has 0 rings (SSSR count). The fourth-order valence-corrected chi connectivity index (χ4v) is 6.34. The molecule has 5 heteroatoms. The standard InChI is InChI=1S/2C21H42O2.Zn/c2*1-2-3-4-5-6-7-8-9-10-11-12-13-14-15-16-17-18-19-20-21(22)23;/h2*2-20H2,1H3,(H,22,23);/q;;+2/p-2. The van der Waals surface area contributed by atoms with E-state index >= 15 is 0 Å². The van der Waals surface area contributed by atoms with Gasteiger partial charge in [0.05, 0.1) is 0 Å². The Morgan fingerprint density at radius 3 is 0.532 bits per heavy atom. The van der Waals surface area contributed by atoms with E-state index in [-0.39, 0.29) is 32.3 Å². The molecule has 0 aromatic rings. The zero-order chi connectivity index (χ0) is 34.0. The molecule has 0 spiro atoms. The summed E-state index contributed by atoms with van der Waals surface area (Å²) in [5.41, 5.74) is 0. The third-order valence-electron chi connectivity index (χ3n) is 9.47. The summed E-state index contributed by atoms with van der Waals surface area (Å²) in [6.45, 7) is 4.56. The van der Waals surface area contributed by atoms with Crippen molar-refractivity contribution < 1.29 is 39.3 Å². The van der Waals surface area contributed by atoms with Crippen LogP contribution < -0.4 is 10.2 Å². The summed E-state index contributed by atoms with van der Waals surface area (Å²) >= 11 is 0. The molecule has 47 heavy (non-hydrogen) atoms. The average molecular weight is 717 g/mol. The second-order valence-electron chi connectivity index (χ2n) is 14.3. The van der Waals surface area contributed by atoms with Gasteiger partial charge < -0.3 is 19.8 Å². The Balaban J connectivity index is -0.000000807. The molecule has 276 valence electrons. The third kappa shape index (κ3) is 55.2. The smallest absolute Gasteiger partial charge is 0.550 e. The quantitative estimate of drug-likeness (QED) is 0.0471. The fraction of sp³-hybridized carbons (Fsp3) is 0.952. The zero-order valence-electron chi connectivity index (χ0n) is 32.2. The molecule has 4 nitrogen and oxygen atoms in total. The van der Waals surface area contributed by atoms with Gasteiger partial charge >= 0.3 is 19.5 Å². The van der Waals surface area contributed by atoms with Crippen molar-refractivity contribution >= 4 is 11.9 Å². The first-order valence-corrected chi connectivity index (χ1v) is 20.9. The number of carboxylic acids is 2. The maximum Gasteiger partial charge on any atom is 2.00 e. The van der Waals surface area contributed by atoms with Crippen LogP contribution in [0.2, 0.25) is 0 Å². The summed E-state index contributed by atoms with van der Waals surface area (Å²) in [5.74, 6) is -1.80. The number of rotatable bonds is 38. The third-order valence-corrected chi connectivity index (χ3v) is 9.47. The first kappa shape index (κ1) is 50.9. The maximum atomic E-state index is 10.3. The van der Waals surface area contributed by atoms with E-state index in [0.717, 1.165) is 25.7 Å². The predicted molar refractivity (Wildman–Crippen MR) is 197 cm³/mol. The minimum Gasteiger partial charge on any atom is -0.550 e. The van der Waals surface area contributed by atoms with Gasteiger partial charge in [0.2, 0.25) is 0 Å². The van der Waals surface area contributed by atoms with Crippen LogP contribution in [0.3, 0.4) is 0 Å². The second-order valence-corrected chi connectivity index (χ2v) is 14.3. The summed E-state index contributed by atoms with van der Waals surface area (Å²) in [6.07, 6.45) is 48.5. The molecule has 0 N–H and O–H groups in total. The molecule has 0 aliphatic carbocycles. The Morgan fingerprint density at radius 1 is 0.277 bits per heavy atom. The van der Waals surface area contributed by atoms with Crippen molar-refractivity contribution in [2.45, 2.75) is 258 Å². The van der Waals surface area contributed by atoms with Crippen LogP contribution in [0.5, 0.6) is 0 Å². The molecular formula is C42H82O4Zn. The molecule has 0 unspecified atom stereocenters. The van der Waals surface area contributed by atoms with E-state index in [4.69, 9.17) is 0 Å². The number of unbranched alkanes of at least 4 members (excludes halogenated alkanes) is 34. The second kappa shape index (κ2) is 47.7. The van der Waals surface area contributed by atoms with Gasteiger partial charge in [-0.2, -0.15) is 0 Å². The Kier molecular flexibility index (Phi) is 51.7. The Labute approximate surface area is 308 Å². The Morgan fingerprint density at radius 2 is 0.404 bits per heavy atom. The molecule has 0 saturated heterocycles. The van der Waals surface area contributed by atoms with Gasteiger partial charge in [0.1, 0.15) is 0 Å². The van der Waals surface area contributed by atoms with E-state index in [1.54, 1.807) is 0 Å². The van der Waals surface area contributed by atoms with Gasteiger partial charge in [0.25, 0.3) is 0 Å². The molecule has 0 fully saturated rings. The van der Waals surface area contributed by atoms with Crippen molar-refractivity contribution in [1.29, 1.82) is 0 Å². The predicted octanol–water partition coefficient (Wildman–Crippen LogP) is 12.3. The Bertz CT molecular complexity index is 533. The minimum atomic E-state index is -0.901. The van der Waals surface area contributed by atoms with Gasteiger partial charge in [0.15, 0.2) is 0 Å². The van der Waals surface area contributed by atoms with Crippen molar-refractivity contribution in [1.82, 2.24) is 0 Å². The number of aliphatic carboxylic acids is 2. The molecule has 0 aromatic heterocycles.